The zero-order valence-corrected chi connectivity index (χ0v) is 9.20. The summed E-state index contributed by atoms with van der Waals surface area (Å²) in [5, 5.41) is 12.9. The minimum Gasteiger partial charge on any atom is -0.394 e. The average molecular weight is 207 g/mol. The summed E-state index contributed by atoms with van der Waals surface area (Å²) in [6.07, 6.45) is 5.72. The fourth-order valence-electron chi connectivity index (χ4n) is 1.82. The number of aryl methyl sites for hydroxylation is 1. The van der Waals surface area contributed by atoms with E-state index in [0.29, 0.717) is 6.04 Å². The number of hydrogen-bond acceptors (Lipinski definition) is 4. The first kappa shape index (κ1) is 10.5. The zero-order chi connectivity index (χ0) is 10.9. The minimum absolute atomic E-state index is 0.0447. The van der Waals surface area contributed by atoms with Crippen LogP contribution in [0, 0.1) is 6.92 Å². The molecule has 0 radical (unpaired) electrons. The van der Waals surface area contributed by atoms with Gasteiger partial charge in [0.05, 0.1) is 23.5 Å². The van der Waals surface area contributed by atoms with Gasteiger partial charge in [0.2, 0.25) is 0 Å². The summed E-state index contributed by atoms with van der Waals surface area (Å²) in [6, 6.07) is 0.531. The molecule has 1 atom stereocenters. The lowest BCUT2D eigenvalue weighted by Crippen LogP contribution is -2.45. The second kappa shape index (κ2) is 3.87. The van der Waals surface area contributed by atoms with Gasteiger partial charge in [-0.3, -0.25) is 9.97 Å². The standard InChI is InChI=1S/C11H17N3O/c1-8-10(13-6-5-12-8)11(2,7-15)14-9-3-4-9/h5-6,9,14-15H,3-4,7H2,1-2H3. The predicted molar refractivity (Wildman–Crippen MR) is 57.4 cm³/mol. The second-order valence-electron chi connectivity index (χ2n) is 4.40. The summed E-state index contributed by atoms with van der Waals surface area (Å²) in [5.74, 6) is 0. The Labute approximate surface area is 89.8 Å². The van der Waals surface area contributed by atoms with E-state index in [4.69, 9.17) is 0 Å². The molecule has 1 aliphatic carbocycles. The fraction of sp³-hybridized carbons (Fsp3) is 0.636. The van der Waals surface area contributed by atoms with Crippen molar-refractivity contribution in [2.45, 2.75) is 38.3 Å². The van der Waals surface area contributed by atoms with Crippen LogP contribution in [-0.2, 0) is 5.54 Å². The maximum Gasteiger partial charge on any atom is 0.0837 e. The normalized spacial score (nSPS) is 19.9. The van der Waals surface area contributed by atoms with Gasteiger partial charge < -0.3 is 10.4 Å². The van der Waals surface area contributed by atoms with Crippen molar-refractivity contribution >= 4 is 0 Å². The fourth-order valence-corrected chi connectivity index (χ4v) is 1.82. The highest BCUT2D eigenvalue weighted by atomic mass is 16.3. The molecule has 15 heavy (non-hydrogen) atoms. The quantitative estimate of drug-likeness (QED) is 0.764. The van der Waals surface area contributed by atoms with E-state index in [-0.39, 0.29) is 6.61 Å². The largest absolute Gasteiger partial charge is 0.394 e. The number of aliphatic hydroxyl groups excluding tert-OH is 1. The van der Waals surface area contributed by atoms with Crippen molar-refractivity contribution in [3.05, 3.63) is 23.8 Å². The van der Waals surface area contributed by atoms with Crippen LogP contribution in [0.5, 0.6) is 0 Å². The smallest absolute Gasteiger partial charge is 0.0837 e. The van der Waals surface area contributed by atoms with Crippen LogP contribution in [0.25, 0.3) is 0 Å². The molecule has 0 amide bonds. The van der Waals surface area contributed by atoms with Crippen molar-refractivity contribution in [1.82, 2.24) is 15.3 Å². The monoisotopic (exact) mass is 207 g/mol. The van der Waals surface area contributed by atoms with Crippen molar-refractivity contribution in [2.75, 3.05) is 6.61 Å². The van der Waals surface area contributed by atoms with Crippen molar-refractivity contribution in [2.24, 2.45) is 0 Å². The van der Waals surface area contributed by atoms with Gasteiger partial charge in [0, 0.05) is 18.4 Å². The molecule has 0 saturated heterocycles. The molecule has 1 saturated carbocycles. The molecule has 2 rings (SSSR count). The van der Waals surface area contributed by atoms with Crippen LogP contribution in [-0.4, -0.2) is 27.7 Å². The average Bonchev–Trinajstić information content (AvgIpc) is 3.02. The maximum absolute atomic E-state index is 9.51. The van der Waals surface area contributed by atoms with Crippen LogP contribution in [0.1, 0.15) is 31.2 Å². The molecule has 1 heterocycles. The molecule has 0 aliphatic heterocycles. The van der Waals surface area contributed by atoms with Crippen LogP contribution >= 0.6 is 0 Å². The lowest BCUT2D eigenvalue weighted by molar-refractivity contribution is 0.168. The van der Waals surface area contributed by atoms with E-state index in [1.54, 1.807) is 12.4 Å². The number of aromatic nitrogens is 2. The van der Waals surface area contributed by atoms with Crippen molar-refractivity contribution < 1.29 is 5.11 Å². The van der Waals surface area contributed by atoms with Gasteiger partial charge in [-0.1, -0.05) is 0 Å². The van der Waals surface area contributed by atoms with Gasteiger partial charge in [-0.25, -0.2) is 0 Å². The van der Waals surface area contributed by atoms with Crippen molar-refractivity contribution in [1.29, 1.82) is 0 Å². The van der Waals surface area contributed by atoms with E-state index >= 15 is 0 Å². The third-order valence-electron chi connectivity index (χ3n) is 2.82. The van der Waals surface area contributed by atoms with Crippen LogP contribution < -0.4 is 5.32 Å². The Balaban J connectivity index is 2.27. The highest BCUT2D eigenvalue weighted by Crippen LogP contribution is 2.27. The lowest BCUT2D eigenvalue weighted by Gasteiger charge is -2.29. The first-order chi connectivity index (χ1) is 7.15. The Morgan fingerprint density at radius 3 is 2.67 bits per heavy atom. The summed E-state index contributed by atoms with van der Waals surface area (Å²) < 4.78 is 0. The van der Waals surface area contributed by atoms with E-state index < -0.39 is 5.54 Å². The summed E-state index contributed by atoms with van der Waals surface area (Å²) in [5.41, 5.74) is 1.26. The van der Waals surface area contributed by atoms with Crippen molar-refractivity contribution in [3.63, 3.8) is 0 Å². The van der Waals surface area contributed by atoms with Gasteiger partial charge in [-0.15, -0.1) is 0 Å². The molecule has 0 spiro atoms. The highest BCUT2D eigenvalue weighted by Gasteiger charge is 2.35. The third kappa shape index (κ3) is 2.16. The number of rotatable bonds is 4. The van der Waals surface area contributed by atoms with E-state index in [0.717, 1.165) is 11.4 Å². The molecule has 1 aromatic heterocycles. The molecule has 82 valence electrons. The first-order valence-electron chi connectivity index (χ1n) is 5.32. The molecule has 0 bridgehead atoms. The van der Waals surface area contributed by atoms with Gasteiger partial charge >= 0.3 is 0 Å². The van der Waals surface area contributed by atoms with Crippen LogP contribution in [0.2, 0.25) is 0 Å². The summed E-state index contributed by atoms with van der Waals surface area (Å²) in [7, 11) is 0. The van der Waals surface area contributed by atoms with Gasteiger partial charge in [-0.05, 0) is 26.7 Å². The molecular weight excluding hydrogens is 190 g/mol. The number of nitrogens with one attached hydrogen (secondary N) is 1. The number of nitrogens with zero attached hydrogens (tertiary/aromatic N) is 2. The minimum atomic E-state index is -0.459. The Bertz CT molecular complexity index is 351. The zero-order valence-electron chi connectivity index (χ0n) is 9.20. The summed E-state index contributed by atoms with van der Waals surface area (Å²) in [6.45, 7) is 3.94. The predicted octanol–water partition coefficient (Wildman–Crippen LogP) is 0.745. The Morgan fingerprint density at radius 1 is 1.47 bits per heavy atom. The topological polar surface area (TPSA) is 58.0 Å². The molecule has 4 heteroatoms. The number of hydrogen-bond donors (Lipinski definition) is 2. The molecule has 4 nitrogen and oxygen atoms in total. The molecular formula is C11H17N3O. The Morgan fingerprint density at radius 2 is 2.13 bits per heavy atom. The lowest BCUT2D eigenvalue weighted by atomic mass is 9.96. The molecule has 0 aromatic carbocycles. The first-order valence-corrected chi connectivity index (χ1v) is 5.32. The van der Waals surface area contributed by atoms with E-state index in [1.165, 1.54) is 12.8 Å². The Kier molecular flexibility index (Phi) is 2.71. The van der Waals surface area contributed by atoms with E-state index in [9.17, 15) is 5.11 Å². The van der Waals surface area contributed by atoms with E-state index in [1.807, 2.05) is 13.8 Å². The molecule has 1 fully saturated rings. The highest BCUT2D eigenvalue weighted by molar-refractivity contribution is 5.20. The molecule has 1 unspecified atom stereocenters. The van der Waals surface area contributed by atoms with E-state index in [2.05, 4.69) is 15.3 Å². The molecule has 2 N–H and O–H groups in total. The Hall–Kier alpha value is -1.00. The number of aliphatic hydroxyl groups is 1. The van der Waals surface area contributed by atoms with Crippen LogP contribution in [0.3, 0.4) is 0 Å². The van der Waals surface area contributed by atoms with Gasteiger partial charge in [-0.2, -0.15) is 0 Å². The van der Waals surface area contributed by atoms with Crippen LogP contribution in [0.15, 0.2) is 12.4 Å². The summed E-state index contributed by atoms with van der Waals surface area (Å²) in [4.78, 5) is 8.52. The SMILES string of the molecule is Cc1nccnc1C(C)(CO)NC1CC1. The molecule has 1 aromatic rings. The van der Waals surface area contributed by atoms with Gasteiger partial charge in [0.15, 0.2) is 0 Å². The molecule has 1 aliphatic rings. The van der Waals surface area contributed by atoms with Crippen molar-refractivity contribution in [3.8, 4) is 0 Å². The van der Waals surface area contributed by atoms with Gasteiger partial charge in [0.1, 0.15) is 0 Å². The third-order valence-corrected chi connectivity index (χ3v) is 2.82. The maximum atomic E-state index is 9.51. The van der Waals surface area contributed by atoms with Crippen LogP contribution in [0.4, 0.5) is 0 Å². The summed E-state index contributed by atoms with van der Waals surface area (Å²) >= 11 is 0. The second-order valence-corrected chi connectivity index (χ2v) is 4.40. The van der Waals surface area contributed by atoms with Gasteiger partial charge in [0.25, 0.3) is 0 Å².